The molecule has 0 radical (unpaired) electrons. The number of fused-ring (bicyclic) bond motifs is 1. The van der Waals surface area contributed by atoms with Crippen LogP contribution in [0, 0.1) is 0 Å². The molecule has 0 spiro atoms. The number of phenols is 2. The van der Waals surface area contributed by atoms with Crippen LogP contribution in [-0.4, -0.2) is 110 Å². The van der Waals surface area contributed by atoms with E-state index in [9.17, 15) is 45.6 Å². The smallest absolute Gasteiger partial charge is 0.197 e. The summed E-state index contributed by atoms with van der Waals surface area (Å²) in [6, 6.07) is 8.33. The maximum Gasteiger partial charge on any atom is 0.197 e. The van der Waals surface area contributed by atoms with Crippen molar-refractivity contribution in [3.8, 4) is 28.6 Å². The Labute approximate surface area is 238 Å². The molecular weight excluding hydrogens is 560 g/mol. The van der Waals surface area contributed by atoms with Crippen LogP contribution in [0.2, 0.25) is 0 Å². The molecule has 2 aromatic carbocycles. The zero-order valence-corrected chi connectivity index (χ0v) is 22.5. The molecule has 5 rings (SSSR count). The van der Waals surface area contributed by atoms with Crippen LogP contribution in [0.1, 0.15) is 18.6 Å². The second kappa shape index (κ2) is 11.8. The van der Waals surface area contributed by atoms with Crippen LogP contribution in [0.4, 0.5) is 0 Å². The van der Waals surface area contributed by atoms with Gasteiger partial charge < -0.3 is 64.2 Å². The number of benzene rings is 2. The fourth-order valence-electron chi connectivity index (χ4n) is 5.17. The van der Waals surface area contributed by atoms with E-state index in [1.165, 1.54) is 44.4 Å². The van der Waals surface area contributed by atoms with Crippen molar-refractivity contribution in [1.82, 2.24) is 0 Å². The van der Waals surface area contributed by atoms with E-state index in [-0.39, 0.29) is 33.8 Å². The highest BCUT2D eigenvalue weighted by atomic mass is 16.7. The summed E-state index contributed by atoms with van der Waals surface area (Å²) in [7, 11) is 1.26. The van der Waals surface area contributed by atoms with E-state index in [4.69, 9.17) is 23.4 Å². The molecule has 0 aliphatic carbocycles. The maximum absolute atomic E-state index is 13.1. The molecule has 2 fully saturated rings. The van der Waals surface area contributed by atoms with Crippen molar-refractivity contribution in [3.05, 3.63) is 52.2 Å². The normalized spacial score (nSPS) is 33.5. The predicted octanol–water partition coefficient (Wildman–Crippen LogP) is -0.754. The van der Waals surface area contributed by atoms with Gasteiger partial charge in [-0.05, 0) is 31.2 Å². The van der Waals surface area contributed by atoms with Crippen molar-refractivity contribution < 1.29 is 64.2 Å². The number of ether oxygens (including phenoxy) is 4. The molecule has 14 heteroatoms. The van der Waals surface area contributed by atoms with Gasteiger partial charge in [0.15, 0.2) is 11.7 Å². The molecule has 3 heterocycles. The van der Waals surface area contributed by atoms with E-state index in [1.807, 2.05) is 0 Å². The third-order valence-electron chi connectivity index (χ3n) is 7.60. The third-order valence-corrected chi connectivity index (χ3v) is 7.60. The van der Waals surface area contributed by atoms with Crippen LogP contribution in [-0.2, 0) is 14.2 Å². The van der Waals surface area contributed by atoms with Crippen molar-refractivity contribution in [3.63, 3.8) is 0 Å². The topological polar surface area (TPSA) is 229 Å². The van der Waals surface area contributed by atoms with E-state index >= 15 is 0 Å². The van der Waals surface area contributed by atoms with Crippen LogP contribution in [0.5, 0.6) is 17.2 Å². The molecule has 2 aliphatic heterocycles. The minimum atomic E-state index is -1.81. The third kappa shape index (κ3) is 5.32. The second-order valence-corrected chi connectivity index (χ2v) is 10.3. The van der Waals surface area contributed by atoms with Gasteiger partial charge in [-0.15, -0.1) is 0 Å². The van der Waals surface area contributed by atoms with Gasteiger partial charge in [-0.2, -0.15) is 0 Å². The molecule has 3 aromatic rings. The molecule has 10 atom stereocenters. The number of aliphatic hydroxyl groups excluding tert-OH is 6. The Balaban J connectivity index is 1.47. The summed E-state index contributed by atoms with van der Waals surface area (Å²) < 4.78 is 28.0. The van der Waals surface area contributed by atoms with Gasteiger partial charge in [0.2, 0.25) is 0 Å². The summed E-state index contributed by atoms with van der Waals surface area (Å²) in [4.78, 5) is 13.1. The summed E-state index contributed by atoms with van der Waals surface area (Å²) in [5.74, 6) is -0.568. The largest absolute Gasteiger partial charge is 0.508 e. The number of aromatic hydroxyl groups is 2. The van der Waals surface area contributed by atoms with Gasteiger partial charge in [0.05, 0.1) is 25.4 Å². The van der Waals surface area contributed by atoms with Gasteiger partial charge in [-0.3, -0.25) is 4.79 Å². The molecular formula is C28H32O14. The lowest BCUT2D eigenvalue weighted by Crippen LogP contribution is -2.59. The van der Waals surface area contributed by atoms with Gasteiger partial charge in [-0.25, -0.2) is 0 Å². The summed E-state index contributed by atoms with van der Waals surface area (Å²) in [5.41, 5.74) is -0.444. The number of phenolic OH excluding ortho intramolecular Hbond substituents is 2. The molecule has 14 nitrogen and oxygen atoms in total. The zero-order valence-electron chi connectivity index (χ0n) is 22.5. The predicted molar refractivity (Wildman–Crippen MR) is 142 cm³/mol. The van der Waals surface area contributed by atoms with Crippen molar-refractivity contribution in [2.75, 3.05) is 13.7 Å². The van der Waals surface area contributed by atoms with Gasteiger partial charge in [0, 0.05) is 17.7 Å². The van der Waals surface area contributed by atoms with Crippen LogP contribution in [0.3, 0.4) is 0 Å². The second-order valence-electron chi connectivity index (χ2n) is 10.3. The highest BCUT2D eigenvalue weighted by molar-refractivity contribution is 5.88. The Kier molecular flexibility index (Phi) is 8.44. The Hall–Kier alpha value is -3.31. The Morgan fingerprint density at radius 2 is 1.50 bits per heavy atom. The minimum absolute atomic E-state index is 0.0151. The van der Waals surface area contributed by atoms with Crippen LogP contribution >= 0.6 is 0 Å². The van der Waals surface area contributed by atoms with Gasteiger partial charge in [0.25, 0.3) is 0 Å². The average molecular weight is 593 g/mol. The summed E-state index contributed by atoms with van der Waals surface area (Å²) >= 11 is 0. The molecule has 2 saturated heterocycles. The SMILES string of the molecule is COc1cc2oc(-c3ccc(O)cc3)cc(=O)c2c(O)c1[C@@H]1OC(CO[C@@H]2OC(C)[C@H](O)[C@H](O)C2O)[C@@H](O)[C@H](O)C1O. The van der Waals surface area contributed by atoms with Crippen molar-refractivity contribution in [2.24, 2.45) is 0 Å². The number of hydrogen-bond donors (Lipinski definition) is 8. The highest BCUT2D eigenvalue weighted by Gasteiger charge is 2.48. The zero-order chi connectivity index (χ0) is 30.5. The van der Waals surface area contributed by atoms with Crippen molar-refractivity contribution in [1.29, 1.82) is 0 Å². The van der Waals surface area contributed by atoms with Crippen molar-refractivity contribution in [2.45, 2.75) is 68.1 Å². The van der Waals surface area contributed by atoms with E-state index < -0.39 is 79.0 Å². The quantitative estimate of drug-likeness (QED) is 0.176. The van der Waals surface area contributed by atoms with Gasteiger partial charge >= 0.3 is 0 Å². The molecule has 2 aliphatic rings. The lowest BCUT2D eigenvalue weighted by Gasteiger charge is -2.43. The first-order valence-electron chi connectivity index (χ1n) is 13.1. The molecule has 0 amide bonds. The fourth-order valence-corrected chi connectivity index (χ4v) is 5.17. The van der Waals surface area contributed by atoms with Crippen LogP contribution in [0.15, 0.2) is 45.6 Å². The van der Waals surface area contributed by atoms with E-state index in [2.05, 4.69) is 0 Å². The Morgan fingerprint density at radius 3 is 2.17 bits per heavy atom. The molecule has 1 aromatic heterocycles. The van der Waals surface area contributed by atoms with Gasteiger partial charge in [-0.1, -0.05) is 0 Å². The first-order valence-corrected chi connectivity index (χ1v) is 13.1. The molecule has 8 N–H and O–H groups in total. The molecule has 42 heavy (non-hydrogen) atoms. The average Bonchev–Trinajstić information content (AvgIpc) is 2.97. The Bertz CT molecular complexity index is 1470. The fraction of sp³-hybridized carbons (Fsp3) is 0.464. The standard InChI is InChI=1S/C28H32O14/c1-10-20(31)23(34)26(37)28(40-10)39-9-17-21(32)24(35)25(36)27(42-17)19-15(38-2)8-16-18(22(19)33)13(30)7-14(41-16)11-3-5-12(29)6-4-11/h3-8,10,17,20-21,23-29,31-37H,9H2,1-2H3/t10?,17?,20-,21+,23-,24-,25?,26?,27-,28+/m0/s1. The lowest BCUT2D eigenvalue weighted by atomic mass is 9.89. The van der Waals surface area contributed by atoms with Crippen molar-refractivity contribution >= 4 is 11.0 Å². The number of hydrogen-bond acceptors (Lipinski definition) is 14. The number of rotatable bonds is 6. The summed E-state index contributed by atoms with van der Waals surface area (Å²) in [6.07, 6.45) is -15.1. The monoisotopic (exact) mass is 592 g/mol. The molecule has 228 valence electrons. The van der Waals surface area contributed by atoms with Crippen LogP contribution < -0.4 is 10.2 Å². The number of aliphatic hydroxyl groups is 6. The number of methoxy groups -OCH3 is 1. The van der Waals surface area contributed by atoms with E-state index in [0.29, 0.717) is 5.56 Å². The molecule has 0 saturated carbocycles. The molecule has 0 bridgehead atoms. The lowest BCUT2D eigenvalue weighted by molar-refractivity contribution is -0.308. The maximum atomic E-state index is 13.1. The van der Waals surface area contributed by atoms with E-state index in [1.54, 1.807) is 0 Å². The van der Waals surface area contributed by atoms with Gasteiger partial charge in [0.1, 0.15) is 82.8 Å². The minimum Gasteiger partial charge on any atom is -0.508 e. The Morgan fingerprint density at radius 1 is 0.833 bits per heavy atom. The summed E-state index contributed by atoms with van der Waals surface area (Å²) in [5, 5.41) is 82.8. The molecule has 4 unspecified atom stereocenters. The highest BCUT2D eigenvalue weighted by Crippen LogP contribution is 2.45. The van der Waals surface area contributed by atoms with E-state index in [0.717, 1.165) is 6.07 Å². The first kappa shape index (κ1) is 30.2. The van der Waals surface area contributed by atoms with Crippen LogP contribution in [0.25, 0.3) is 22.3 Å². The summed E-state index contributed by atoms with van der Waals surface area (Å²) in [6.45, 7) is 0.935. The first-order chi connectivity index (χ1) is 19.9.